The first-order chi connectivity index (χ1) is 11.8. The van der Waals surface area contributed by atoms with Crippen molar-refractivity contribution in [3.8, 4) is 0 Å². The van der Waals surface area contributed by atoms with Crippen molar-refractivity contribution < 1.29 is 19.1 Å². The lowest BCUT2D eigenvalue weighted by Gasteiger charge is -2.19. The Morgan fingerprint density at radius 3 is 2.40 bits per heavy atom. The number of urea groups is 1. The smallest absolute Gasteiger partial charge is 0.329 e. The molecule has 0 bridgehead atoms. The number of thioether (sulfide) groups is 1. The molecule has 0 radical (unpaired) electrons. The Morgan fingerprint density at radius 2 is 1.88 bits per heavy atom. The van der Waals surface area contributed by atoms with Crippen LogP contribution < -0.4 is 16.4 Å². The average molecular weight is 408 g/mol. The van der Waals surface area contributed by atoms with Crippen LogP contribution in [0.25, 0.3) is 0 Å². The number of hydrogen-bond donors (Lipinski definition) is 3. The molecule has 0 saturated carbocycles. The number of carbonyl (C=O) groups excluding carboxylic acids is 3. The SMILES string of the molecule is CSCC[C@@H](NC(N)=O)C(=O)O[C@@H](C)C(=O)Nc1c(Cl)cccc1Cl. The highest BCUT2D eigenvalue weighted by molar-refractivity contribution is 7.98. The van der Waals surface area contributed by atoms with E-state index in [1.165, 1.54) is 18.7 Å². The summed E-state index contributed by atoms with van der Waals surface area (Å²) in [4.78, 5) is 35.3. The lowest BCUT2D eigenvalue weighted by Crippen LogP contribution is -2.46. The molecule has 1 aromatic carbocycles. The molecule has 0 heterocycles. The van der Waals surface area contributed by atoms with Crippen LogP contribution in [0.5, 0.6) is 0 Å². The van der Waals surface area contributed by atoms with Gasteiger partial charge >= 0.3 is 12.0 Å². The Morgan fingerprint density at radius 1 is 1.28 bits per heavy atom. The van der Waals surface area contributed by atoms with E-state index in [2.05, 4.69) is 10.6 Å². The quantitative estimate of drug-likeness (QED) is 0.573. The van der Waals surface area contributed by atoms with Crippen LogP contribution in [-0.4, -0.2) is 42.1 Å². The van der Waals surface area contributed by atoms with Crippen molar-refractivity contribution in [1.29, 1.82) is 0 Å². The van der Waals surface area contributed by atoms with Crippen molar-refractivity contribution in [2.75, 3.05) is 17.3 Å². The zero-order valence-electron chi connectivity index (χ0n) is 13.7. The molecule has 0 saturated heterocycles. The van der Waals surface area contributed by atoms with E-state index < -0.39 is 30.1 Å². The van der Waals surface area contributed by atoms with E-state index in [1.807, 2.05) is 6.26 Å². The van der Waals surface area contributed by atoms with Crippen LogP contribution in [0.2, 0.25) is 10.0 Å². The largest absolute Gasteiger partial charge is 0.451 e. The van der Waals surface area contributed by atoms with Gasteiger partial charge in [0.2, 0.25) is 0 Å². The third-order valence-corrected chi connectivity index (χ3v) is 4.36. The fourth-order valence-corrected chi connectivity index (χ4v) is 2.77. The molecule has 2 atom stereocenters. The molecule has 25 heavy (non-hydrogen) atoms. The van der Waals surface area contributed by atoms with Crippen molar-refractivity contribution in [2.24, 2.45) is 5.73 Å². The molecule has 10 heteroatoms. The number of esters is 1. The second-order valence-corrected chi connectivity index (χ2v) is 6.81. The highest BCUT2D eigenvalue weighted by atomic mass is 35.5. The normalized spacial score (nSPS) is 12.8. The molecule has 0 aliphatic heterocycles. The molecule has 0 aliphatic carbocycles. The Kier molecular flexibility index (Phi) is 8.88. The molecule has 0 unspecified atom stereocenters. The number of anilines is 1. The van der Waals surface area contributed by atoms with Gasteiger partial charge in [-0.1, -0.05) is 29.3 Å². The van der Waals surface area contributed by atoms with Crippen LogP contribution in [0.3, 0.4) is 0 Å². The number of hydrogen-bond acceptors (Lipinski definition) is 5. The first kappa shape index (κ1) is 21.4. The van der Waals surface area contributed by atoms with Crippen molar-refractivity contribution in [3.63, 3.8) is 0 Å². The Balaban J connectivity index is 2.71. The van der Waals surface area contributed by atoms with Gasteiger partial charge in [-0.05, 0) is 37.5 Å². The van der Waals surface area contributed by atoms with E-state index in [0.29, 0.717) is 12.2 Å². The van der Waals surface area contributed by atoms with Gasteiger partial charge in [-0.15, -0.1) is 0 Å². The number of carbonyl (C=O) groups is 3. The maximum atomic E-state index is 12.2. The number of nitrogens with two attached hydrogens (primary N) is 1. The number of benzene rings is 1. The van der Waals surface area contributed by atoms with Gasteiger partial charge in [0, 0.05) is 0 Å². The molecule has 3 amide bonds. The summed E-state index contributed by atoms with van der Waals surface area (Å²) in [5, 5.41) is 5.33. The summed E-state index contributed by atoms with van der Waals surface area (Å²) < 4.78 is 5.11. The van der Waals surface area contributed by atoms with E-state index in [1.54, 1.807) is 18.2 Å². The minimum Gasteiger partial charge on any atom is -0.451 e. The van der Waals surface area contributed by atoms with Gasteiger partial charge < -0.3 is 21.1 Å². The van der Waals surface area contributed by atoms with E-state index >= 15 is 0 Å². The molecule has 7 nitrogen and oxygen atoms in total. The predicted molar refractivity (Wildman–Crippen MR) is 100 cm³/mol. The summed E-state index contributed by atoms with van der Waals surface area (Å²) in [6.07, 6.45) is 1.07. The summed E-state index contributed by atoms with van der Waals surface area (Å²) >= 11 is 13.5. The Bertz CT molecular complexity index is 625. The highest BCUT2D eigenvalue weighted by Crippen LogP contribution is 2.29. The van der Waals surface area contributed by atoms with Crippen molar-refractivity contribution in [2.45, 2.75) is 25.5 Å². The molecule has 4 N–H and O–H groups in total. The third kappa shape index (κ3) is 7.01. The minimum atomic E-state index is -1.12. The van der Waals surface area contributed by atoms with Gasteiger partial charge in [0.05, 0.1) is 15.7 Å². The zero-order valence-corrected chi connectivity index (χ0v) is 16.0. The van der Waals surface area contributed by atoms with Crippen molar-refractivity contribution in [1.82, 2.24) is 5.32 Å². The molecule has 138 valence electrons. The number of rotatable bonds is 8. The molecule has 1 rings (SSSR count). The maximum Gasteiger partial charge on any atom is 0.329 e. The van der Waals surface area contributed by atoms with Gasteiger partial charge in [-0.2, -0.15) is 11.8 Å². The molecule has 0 spiro atoms. The predicted octanol–water partition coefficient (Wildman–Crippen LogP) is 2.65. The van der Waals surface area contributed by atoms with Crippen LogP contribution in [0.15, 0.2) is 18.2 Å². The molecule has 0 aromatic heterocycles. The number of nitrogens with one attached hydrogen (secondary N) is 2. The lowest BCUT2D eigenvalue weighted by molar-refractivity contribution is -0.155. The van der Waals surface area contributed by atoms with Crippen LogP contribution in [0, 0.1) is 0 Å². The van der Waals surface area contributed by atoms with Crippen molar-refractivity contribution >= 4 is 58.6 Å². The second kappa shape index (κ2) is 10.4. The fourth-order valence-electron chi connectivity index (χ4n) is 1.81. The third-order valence-electron chi connectivity index (χ3n) is 3.08. The summed E-state index contributed by atoms with van der Waals surface area (Å²) in [5.41, 5.74) is 5.29. The monoisotopic (exact) mass is 407 g/mol. The first-order valence-electron chi connectivity index (χ1n) is 7.26. The minimum absolute atomic E-state index is 0.230. The topological polar surface area (TPSA) is 111 Å². The number of ether oxygens (including phenoxy) is 1. The molecular formula is C15H19Cl2N3O4S. The zero-order chi connectivity index (χ0) is 19.0. The summed E-state index contributed by atoms with van der Waals surface area (Å²) in [6, 6.07) is 2.99. The molecule has 0 fully saturated rings. The number of para-hydroxylation sites is 1. The van der Waals surface area contributed by atoms with Gasteiger partial charge in [0.15, 0.2) is 6.10 Å². The molecular weight excluding hydrogens is 389 g/mol. The van der Waals surface area contributed by atoms with E-state index in [-0.39, 0.29) is 15.7 Å². The fraction of sp³-hybridized carbons (Fsp3) is 0.400. The second-order valence-electron chi connectivity index (χ2n) is 5.01. The summed E-state index contributed by atoms with van der Waals surface area (Å²) in [7, 11) is 0. The first-order valence-corrected chi connectivity index (χ1v) is 9.41. The van der Waals surface area contributed by atoms with Crippen LogP contribution >= 0.6 is 35.0 Å². The van der Waals surface area contributed by atoms with Gasteiger partial charge in [-0.3, -0.25) is 4.79 Å². The van der Waals surface area contributed by atoms with Gasteiger partial charge in [-0.25, -0.2) is 9.59 Å². The molecule has 1 aromatic rings. The standard InChI is InChI=1S/C15H19Cl2N3O4S/c1-8(13(21)20-12-9(16)4-3-5-10(12)17)24-14(22)11(6-7-25-2)19-15(18)23/h3-5,8,11H,6-7H2,1-2H3,(H,20,21)(H3,18,19,23)/t8-,11+/m0/s1. The highest BCUT2D eigenvalue weighted by Gasteiger charge is 2.26. The van der Waals surface area contributed by atoms with Crippen LogP contribution in [0.4, 0.5) is 10.5 Å². The Hall–Kier alpha value is -1.64. The number of amides is 3. The van der Waals surface area contributed by atoms with E-state index in [0.717, 1.165) is 0 Å². The van der Waals surface area contributed by atoms with Gasteiger partial charge in [0.25, 0.3) is 5.91 Å². The average Bonchev–Trinajstić information content (AvgIpc) is 2.54. The molecule has 0 aliphatic rings. The maximum absolute atomic E-state index is 12.2. The van der Waals surface area contributed by atoms with Gasteiger partial charge in [0.1, 0.15) is 6.04 Å². The summed E-state index contributed by atoms with van der Waals surface area (Å²) in [6.45, 7) is 1.40. The van der Waals surface area contributed by atoms with E-state index in [9.17, 15) is 14.4 Å². The van der Waals surface area contributed by atoms with Crippen molar-refractivity contribution in [3.05, 3.63) is 28.2 Å². The number of primary amides is 1. The van der Waals surface area contributed by atoms with Crippen LogP contribution in [0.1, 0.15) is 13.3 Å². The van der Waals surface area contributed by atoms with E-state index in [4.69, 9.17) is 33.7 Å². The lowest BCUT2D eigenvalue weighted by atomic mass is 10.2. The summed E-state index contributed by atoms with van der Waals surface area (Å²) in [5.74, 6) is -0.748. The Labute approximate surface area is 159 Å². The number of halogens is 2. The van der Waals surface area contributed by atoms with Crippen LogP contribution in [-0.2, 0) is 14.3 Å².